The molecule has 7 nitrogen and oxygen atoms in total. The van der Waals surface area contributed by atoms with Gasteiger partial charge in [0.05, 0.1) is 6.61 Å². The minimum Gasteiger partial charge on any atom is -0.450 e. The highest BCUT2D eigenvalue weighted by Gasteiger charge is 2.21. The molecule has 0 radical (unpaired) electrons. The molecule has 140 valence electrons. The van der Waals surface area contributed by atoms with E-state index in [0.717, 1.165) is 5.56 Å². The van der Waals surface area contributed by atoms with E-state index < -0.39 is 6.09 Å². The zero-order valence-electron chi connectivity index (χ0n) is 15.5. The molecule has 1 aromatic carbocycles. The molecule has 0 aliphatic carbocycles. The van der Waals surface area contributed by atoms with Crippen LogP contribution >= 0.6 is 0 Å². The molecule has 0 saturated carbocycles. The van der Waals surface area contributed by atoms with Gasteiger partial charge in [-0.3, -0.25) is 4.79 Å². The Morgan fingerprint density at radius 2 is 1.96 bits per heavy atom. The van der Waals surface area contributed by atoms with Gasteiger partial charge in [-0.05, 0) is 26.3 Å². The maximum Gasteiger partial charge on any atom is 0.407 e. The van der Waals surface area contributed by atoms with Crippen LogP contribution in [-0.4, -0.2) is 42.6 Å². The maximum absolute atomic E-state index is 12.7. The third-order valence-corrected chi connectivity index (χ3v) is 3.49. The van der Waals surface area contributed by atoms with Gasteiger partial charge in [-0.15, -0.1) is 0 Å². The summed E-state index contributed by atoms with van der Waals surface area (Å²) in [6.45, 7) is 6.97. The largest absolute Gasteiger partial charge is 0.450 e. The van der Waals surface area contributed by atoms with Crippen LogP contribution in [0, 0.1) is 11.3 Å². The average Bonchev–Trinajstić information content (AvgIpc) is 2.63. The standard InChI is InChI=1S/C19H26N4O3/c1-4-26-19(25)22-11-10-21-13-17(12-20)18(24)23(15(2)3)14-16-8-6-5-7-9-16/h5-9,13,15,21H,4,10-11,14H2,1-3H3,(H,22,25)/b17-13-. The number of alkyl carbamates (subject to hydrolysis) is 1. The molecule has 0 saturated heterocycles. The number of ether oxygens (including phenoxy) is 1. The van der Waals surface area contributed by atoms with Gasteiger partial charge in [0.25, 0.3) is 5.91 Å². The summed E-state index contributed by atoms with van der Waals surface area (Å²) in [6, 6.07) is 11.5. The Morgan fingerprint density at radius 3 is 2.54 bits per heavy atom. The summed E-state index contributed by atoms with van der Waals surface area (Å²) >= 11 is 0. The van der Waals surface area contributed by atoms with Crippen molar-refractivity contribution in [1.82, 2.24) is 15.5 Å². The van der Waals surface area contributed by atoms with Gasteiger partial charge in [-0.1, -0.05) is 30.3 Å². The van der Waals surface area contributed by atoms with Gasteiger partial charge < -0.3 is 20.3 Å². The minimum absolute atomic E-state index is 0.0192. The fourth-order valence-electron chi connectivity index (χ4n) is 2.16. The van der Waals surface area contributed by atoms with Crippen molar-refractivity contribution >= 4 is 12.0 Å². The molecule has 0 unspecified atom stereocenters. The molecule has 1 aromatic rings. The molecule has 7 heteroatoms. The summed E-state index contributed by atoms with van der Waals surface area (Å²) in [5.74, 6) is -0.336. The van der Waals surface area contributed by atoms with Gasteiger partial charge in [0.2, 0.25) is 0 Å². The van der Waals surface area contributed by atoms with E-state index in [2.05, 4.69) is 10.6 Å². The Morgan fingerprint density at radius 1 is 1.27 bits per heavy atom. The van der Waals surface area contributed by atoms with Crippen LogP contribution in [0.25, 0.3) is 0 Å². The normalized spacial score (nSPS) is 10.8. The Hall–Kier alpha value is -3.01. The van der Waals surface area contributed by atoms with Crippen molar-refractivity contribution in [3.05, 3.63) is 47.7 Å². The molecule has 2 amide bonds. The molecule has 0 heterocycles. The monoisotopic (exact) mass is 358 g/mol. The number of carbonyl (C=O) groups is 2. The zero-order chi connectivity index (χ0) is 19.4. The molecule has 0 aliphatic rings. The Bertz CT molecular complexity index is 650. The van der Waals surface area contributed by atoms with Crippen molar-refractivity contribution < 1.29 is 14.3 Å². The molecule has 0 aromatic heterocycles. The first kappa shape index (κ1) is 21.0. The molecular formula is C19H26N4O3. The first-order chi connectivity index (χ1) is 12.5. The molecule has 26 heavy (non-hydrogen) atoms. The zero-order valence-corrected chi connectivity index (χ0v) is 15.5. The fraction of sp³-hybridized carbons (Fsp3) is 0.421. The topological polar surface area (TPSA) is 94.5 Å². The summed E-state index contributed by atoms with van der Waals surface area (Å²) in [5.41, 5.74) is 1.02. The Labute approximate surface area is 154 Å². The van der Waals surface area contributed by atoms with Crippen LogP contribution in [-0.2, 0) is 16.1 Å². The van der Waals surface area contributed by atoms with E-state index in [9.17, 15) is 14.9 Å². The SMILES string of the molecule is CCOC(=O)NCCN/C=C(/C#N)C(=O)N(Cc1ccccc1)C(C)C. The highest BCUT2D eigenvalue weighted by Crippen LogP contribution is 2.12. The number of rotatable bonds is 9. The smallest absolute Gasteiger partial charge is 0.407 e. The highest BCUT2D eigenvalue weighted by atomic mass is 16.5. The van der Waals surface area contributed by atoms with E-state index in [0.29, 0.717) is 26.2 Å². The van der Waals surface area contributed by atoms with Gasteiger partial charge in [-0.2, -0.15) is 5.26 Å². The number of carbonyl (C=O) groups excluding carboxylic acids is 2. The number of hydrogen-bond acceptors (Lipinski definition) is 5. The molecule has 0 aliphatic heterocycles. The van der Waals surface area contributed by atoms with Crippen LogP contribution in [0.4, 0.5) is 4.79 Å². The van der Waals surface area contributed by atoms with E-state index in [1.54, 1.807) is 11.8 Å². The molecule has 2 N–H and O–H groups in total. The number of nitrogens with one attached hydrogen (secondary N) is 2. The van der Waals surface area contributed by atoms with Crippen molar-refractivity contribution in [3.63, 3.8) is 0 Å². The second kappa shape index (κ2) is 11.5. The van der Waals surface area contributed by atoms with Crippen molar-refractivity contribution in [2.24, 2.45) is 0 Å². The van der Waals surface area contributed by atoms with E-state index in [-0.39, 0.29) is 17.5 Å². The van der Waals surface area contributed by atoms with Gasteiger partial charge in [0.1, 0.15) is 11.6 Å². The predicted molar refractivity (Wildman–Crippen MR) is 98.9 cm³/mol. The summed E-state index contributed by atoms with van der Waals surface area (Å²) < 4.78 is 4.74. The van der Waals surface area contributed by atoms with Gasteiger partial charge in [0.15, 0.2) is 0 Å². The van der Waals surface area contributed by atoms with Crippen molar-refractivity contribution in [2.45, 2.75) is 33.4 Å². The Balaban J connectivity index is 2.63. The number of nitriles is 1. The first-order valence-corrected chi connectivity index (χ1v) is 8.58. The highest BCUT2D eigenvalue weighted by molar-refractivity contribution is 5.97. The first-order valence-electron chi connectivity index (χ1n) is 8.58. The van der Waals surface area contributed by atoms with Gasteiger partial charge >= 0.3 is 6.09 Å². The summed E-state index contributed by atoms with van der Waals surface area (Å²) in [5, 5.41) is 14.7. The predicted octanol–water partition coefficient (Wildman–Crippen LogP) is 2.17. The van der Waals surface area contributed by atoms with Crippen LogP contribution in [0.2, 0.25) is 0 Å². The third-order valence-electron chi connectivity index (χ3n) is 3.49. The van der Waals surface area contributed by atoms with E-state index in [1.807, 2.05) is 50.2 Å². The summed E-state index contributed by atoms with van der Waals surface area (Å²) in [7, 11) is 0. The third kappa shape index (κ3) is 7.26. The van der Waals surface area contributed by atoms with Crippen LogP contribution in [0.1, 0.15) is 26.3 Å². The molecule has 0 fully saturated rings. The maximum atomic E-state index is 12.7. The number of amides is 2. The summed E-state index contributed by atoms with van der Waals surface area (Å²) in [4.78, 5) is 25.5. The van der Waals surface area contributed by atoms with Crippen LogP contribution in [0.3, 0.4) is 0 Å². The minimum atomic E-state index is -0.497. The lowest BCUT2D eigenvalue weighted by Crippen LogP contribution is -2.37. The lowest BCUT2D eigenvalue weighted by atomic mass is 10.1. The molecular weight excluding hydrogens is 332 g/mol. The van der Waals surface area contributed by atoms with E-state index >= 15 is 0 Å². The lowest BCUT2D eigenvalue weighted by molar-refractivity contribution is -0.129. The number of nitrogens with zero attached hydrogens (tertiary/aromatic N) is 2. The quantitative estimate of drug-likeness (QED) is 0.401. The Kier molecular flexibility index (Phi) is 9.33. The second-order valence-corrected chi connectivity index (χ2v) is 5.78. The van der Waals surface area contributed by atoms with Crippen LogP contribution in [0.5, 0.6) is 0 Å². The number of hydrogen-bond donors (Lipinski definition) is 2. The van der Waals surface area contributed by atoms with Crippen LogP contribution < -0.4 is 10.6 Å². The van der Waals surface area contributed by atoms with Gasteiger partial charge in [0, 0.05) is 31.9 Å². The van der Waals surface area contributed by atoms with Crippen molar-refractivity contribution in [2.75, 3.05) is 19.7 Å². The second-order valence-electron chi connectivity index (χ2n) is 5.78. The fourth-order valence-corrected chi connectivity index (χ4v) is 2.16. The summed E-state index contributed by atoms with van der Waals surface area (Å²) in [6.07, 6.45) is 0.888. The molecule has 1 rings (SSSR count). The van der Waals surface area contributed by atoms with E-state index in [1.165, 1.54) is 6.20 Å². The lowest BCUT2D eigenvalue weighted by Gasteiger charge is -2.26. The molecule has 0 spiro atoms. The molecule has 0 bridgehead atoms. The molecule has 0 atom stereocenters. The van der Waals surface area contributed by atoms with Crippen molar-refractivity contribution in [3.8, 4) is 6.07 Å². The van der Waals surface area contributed by atoms with Gasteiger partial charge in [-0.25, -0.2) is 4.79 Å². The number of benzene rings is 1. The van der Waals surface area contributed by atoms with Crippen molar-refractivity contribution in [1.29, 1.82) is 5.26 Å². The average molecular weight is 358 g/mol. The van der Waals surface area contributed by atoms with Crippen LogP contribution in [0.15, 0.2) is 42.1 Å². The van der Waals surface area contributed by atoms with E-state index in [4.69, 9.17) is 4.74 Å².